The summed E-state index contributed by atoms with van der Waals surface area (Å²) in [5.74, 6) is 1.47. The molecule has 1 aliphatic heterocycles. The van der Waals surface area contributed by atoms with Crippen molar-refractivity contribution >= 4 is 29.9 Å². The van der Waals surface area contributed by atoms with Gasteiger partial charge in [0.05, 0.1) is 6.61 Å². The Hall–Kier alpha value is -0.860. The Balaban J connectivity index is 0.00000338. The van der Waals surface area contributed by atoms with Crippen molar-refractivity contribution in [2.75, 3.05) is 39.9 Å². The zero-order chi connectivity index (χ0) is 17.9. The average molecular weight is 474 g/mol. The van der Waals surface area contributed by atoms with Crippen LogP contribution in [0.5, 0.6) is 0 Å². The quantitative estimate of drug-likeness (QED) is 0.263. The molecular formula is C20H35IN4O. The van der Waals surface area contributed by atoms with Gasteiger partial charge in [-0.2, -0.15) is 0 Å². The third-order valence-electron chi connectivity index (χ3n) is 4.39. The van der Waals surface area contributed by atoms with Gasteiger partial charge in [-0.3, -0.25) is 9.89 Å². The van der Waals surface area contributed by atoms with Gasteiger partial charge in [0.2, 0.25) is 0 Å². The molecule has 0 radical (unpaired) electrons. The Labute approximate surface area is 176 Å². The van der Waals surface area contributed by atoms with Crippen molar-refractivity contribution in [3.8, 4) is 0 Å². The Bertz CT molecular complexity index is 502. The predicted molar refractivity (Wildman–Crippen MR) is 120 cm³/mol. The summed E-state index contributed by atoms with van der Waals surface area (Å²) in [5, 5.41) is 6.89. The van der Waals surface area contributed by atoms with Crippen LogP contribution in [0.3, 0.4) is 0 Å². The molecule has 0 atom stereocenters. The van der Waals surface area contributed by atoms with Gasteiger partial charge in [-0.25, -0.2) is 0 Å². The van der Waals surface area contributed by atoms with E-state index in [1.165, 1.54) is 5.56 Å². The number of piperidine rings is 1. The molecule has 0 unspecified atom stereocenters. The smallest absolute Gasteiger partial charge is 0.191 e. The van der Waals surface area contributed by atoms with Gasteiger partial charge < -0.3 is 15.4 Å². The Morgan fingerprint density at radius 2 is 1.92 bits per heavy atom. The van der Waals surface area contributed by atoms with Crippen molar-refractivity contribution in [2.24, 2.45) is 10.9 Å². The highest BCUT2D eigenvalue weighted by Gasteiger charge is 2.19. The normalized spacial score (nSPS) is 16.4. The standard InChI is InChI=1S/C20H34N4O.HI/c1-17(2)16-25-14-11-22-20(21-3)23-19-9-12-24(13-10-19)15-18-7-5-4-6-8-18;/h4-8,17,19H,9-16H2,1-3H3,(H2,21,22,23);1H. The lowest BCUT2D eigenvalue weighted by Gasteiger charge is -2.33. The maximum absolute atomic E-state index is 5.60. The summed E-state index contributed by atoms with van der Waals surface area (Å²) < 4.78 is 5.60. The fourth-order valence-electron chi connectivity index (χ4n) is 3.03. The second-order valence-corrected chi connectivity index (χ2v) is 7.15. The SMILES string of the molecule is CN=C(NCCOCC(C)C)NC1CCN(Cc2ccccc2)CC1.I. The summed E-state index contributed by atoms with van der Waals surface area (Å²) in [6.07, 6.45) is 2.30. The lowest BCUT2D eigenvalue weighted by atomic mass is 10.0. The average Bonchev–Trinajstić information content (AvgIpc) is 2.62. The number of likely N-dealkylation sites (tertiary alicyclic amines) is 1. The lowest BCUT2D eigenvalue weighted by Crippen LogP contribution is -2.49. The largest absolute Gasteiger partial charge is 0.379 e. The number of guanidine groups is 1. The molecule has 1 heterocycles. The van der Waals surface area contributed by atoms with Crippen molar-refractivity contribution < 1.29 is 4.74 Å². The van der Waals surface area contributed by atoms with Crippen molar-refractivity contribution in [1.82, 2.24) is 15.5 Å². The van der Waals surface area contributed by atoms with Crippen molar-refractivity contribution in [3.05, 3.63) is 35.9 Å². The summed E-state index contributed by atoms with van der Waals surface area (Å²) in [5.41, 5.74) is 1.40. The minimum Gasteiger partial charge on any atom is -0.379 e. The zero-order valence-electron chi connectivity index (χ0n) is 16.4. The second-order valence-electron chi connectivity index (χ2n) is 7.15. The molecule has 1 fully saturated rings. The molecule has 5 nitrogen and oxygen atoms in total. The molecule has 0 bridgehead atoms. The highest BCUT2D eigenvalue weighted by Crippen LogP contribution is 2.13. The zero-order valence-corrected chi connectivity index (χ0v) is 18.7. The summed E-state index contributed by atoms with van der Waals surface area (Å²) in [4.78, 5) is 6.86. The molecule has 26 heavy (non-hydrogen) atoms. The number of nitrogens with one attached hydrogen (secondary N) is 2. The van der Waals surface area contributed by atoms with Crippen molar-refractivity contribution in [3.63, 3.8) is 0 Å². The van der Waals surface area contributed by atoms with Gasteiger partial charge in [-0.15, -0.1) is 24.0 Å². The number of benzene rings is 1. The Morgan fingerprint density at radius 1 is 1.23 bits per heavy atom. The van der Waals surface area contributed by atoms with Gasteiger partial charge >= 0.3 is 0 Å². The van der Waals surface area contributed by atoms with Gasteiger partial charge in [0.1, 0.15) is 0 Å². The molecule has 6 heteroatoms. The van der Waals surface area contributed by atoms with Gasteiger partial charge in [0.25, 0.3) is 0 Å². The highest BCUT2D eigenvalue weighted by molar-refractivity contribution is 14.0. The predicted octanol–water partition coefficient (Wildman–Crippen LogP) is 3.11. The maximum Gasteiger partial charge on any atom is 0.191 e. The molecule has 0 saturated carbocycles. The molecule has 1 saturated heterocycles. The minimum atomic E-state index is 0. The van der Waals surface area contributed by atoms with Gasteiger partial charge in [-0.1, -0.05) is 44.2 Å². The van der Waals surface area contributed by atoms with E-state index in [0.717, 1.165) is 51.6 Å². The van der Waals surface area contributed by atoms with Crippen LogP contribution in [-0.4, -0.2) is 56.8 Å². The van der Waals surface area contributed by atoms with Crippen LogP contribution in [0.4, 0.5) is 0 Å². The third-order valence-corrected chi connectivity index (χ3v) is 4.39. The van der Waals surface area contributed by atoms with E-state index in [4.69, 9.17) is 4.74 Å². The molecule has 2 N–H and O–H groups in total. The Morgan fingerprint density at radius 3 is 2.54 bits per heavy atom. The molecule has 148 valence electrons. The van der Waals surface area contributed by atoms with E-state index in [0.29, 0.717) is 18.6 Å². The first-order chi connectivity index (χ1) is 12.2. The highest BCUT2D eigenvalue weighted by atomic mass is 127. The van der Waals surface area contributed by atoms with E-state index in [1.54, 1.807) is 0 Å². The van der Waals surface area contributed by atoms with Crippen molar-refractivity contribution in [2.45, 2.75) is 39.3 Å². The molecule has 1 aromatic carbocycles. The first-order valence-corrected chi connectivity index (χ1v) is 9.48. The van der Waals surface area contributed by atoms with Crippen LogP contribution < -0.4 is 10.6 Å². The molecule has 2 rings (SSSR count). The van der Waals surface area contributed by atoms with E-state index in [2.05, 4.69) is 64.7 Å². The van der Waals surface area contributed by atoms with Crippen LogP contribution in [-0.2, 0) is 11.3 Å². The van der Waals surface area contributed by atoms with Crippen LogP contribution in [0, 0.1) is 5.92 Å². The third kappa shape index (κ3) is 9.19. The number of ether oxygens (including phenoxy) is 1. The summed E-state index contributed by atoms with van der Waals surface area (Å²) in [6.45, 7) is 9.95. The monoisotopic (exact) mass is 474 g/mol. The molecule has 0 aliphatic carbocycles. The van der Waals surface area contributed by atoms with E-state index in [9.17, 15) is 0 Å². The number of rotatable bonds is 8. The van der Waals surface area contributed by atoms with Gasteiger partial charge in [-0.05, 0) is 24.3 Å². The van der Waals surface area contributed by atoms with Crippen LogP contribution >= 0.6 is 24.0 Å². The molecule has 0 aromatic heterocycles. The maximum atomic E-state index is 5.60. The first-order valence-electron chi connectivity index (χ1n) is 9.48. The number of hydrogen-bond acceptors (Lipinski definition) is 3. The minimum absolute atomic E-state index is 0. The first kappa shape index (κ1) is 23.2. The van der Waals surface area contributed by atoms with E-state index in [-0.39, 0.29) is 24.0 Å². The number of hydrogen-bond donors (Lipinski definition) is 2. The molecule has 0 amide bonds. The van der Waals surface area contributed by atoms with E-state index >= 15 is 0 Å². The summed E-state index contributed by atoms with van der Waals surface area (Å²) >= 11 is 0. The Kier molecular flexibility index (Phi) is 11.9. The second kappa shape index (κ2) is 13.3. The summed E-state index contributed by atoms with van der Waals surface area (Å²) in [6, 6.07) is 11.2. The fourth-order valence-corrected chi connectivity index (χ4v) is 3.03. The van der Waals surface area contributed by atoms with Crippen LogP contribution in [0.15, 0.2) is 35.3 Å². The number of halogens is 1. The van der Waals surface area contributed by atoms with Crippen LogP contribution in [0.1, 0.15) is 32.3 Å². The van der Waals surface area contributed by atoms with Crippen molar-refractivity contribution in [1.29, 1.82) is 0 Å². The van der Waals surface area contributed by atoms with Gasteiger partial charge in [0.15, 0.2) is 5.96 Å². The molecular weight excluding hydrogens is 439 g/mol. The van der Waals surface area contributed by atoms with E-state index < -0.39 is 0 Å². The van der Waals surface area contributed by atoms with Crippen LogP contribution in [0.25, 0.3) is 0 Å². The summed E-state index contributed by atoms with van der Waals surface area (Å²) in [7, 11) is 1.83. The lowest BCUT2D eigenvalue weighted by molar-refractivity contribution is 0.114. The fraction of sp³-hybridized carbons (Fsp3) is 0.650. The van der Waals surface area contributed by atoms with Gasteiger partial charge in [0, 0.05) is 45.9 Å². The number of aliphatic imine (C=N–C) groups is 1. The number of nitrogens with zero attached hydrogens (tertiary/aromatic N) is 2. The van der Waals surface area contributed by atoms with Crippen LogP contribution in [0.2, 0.25) is 0 Å². The molecule has 1 aromatic rings. The van der Waals surface area contributed by atoms with E-state index in [1.807, 2.05) is 7.05 Å². The molecule has 1 aliphatic rings. The topological polar surface area (TPSA) is 48.9 Å². The molecule has 0 spiro atoms.